The van der Waals surface area contributed by atoms with E-state index in [0.29, 0.717) is 43.5 Å². The molecule has 4 rings (SSSR count). The first-order chi connectivity index (χ1) is 15.4. The topological polar surface area (TPSA) is 105 Å². The summed E-state index contributed by atoms with van der Waals surface area (Å²) in [6.45, 7) is 3.63. The fraction of sp³-hybridized carbons (Fsp3) is 0.429. The van der Waals surface area contributed by atoms with Crippen LogP contribution in [0, 0.1) is 0 Å². The first-order valence-corrected chi connectivity index (χ1v) is 12.8. The first kappa shape index (κ1) is 22.6. The average Bonchev–Trinajstić information content (AvgIpc) is 3.50. The van der Waals surface area contributed by atoms with Gasteiger partial charge in [-0.05, 0) is 43.3 Å². The molecule has 172 valence electrons. The molecule has 2 aliphatic heterocycles. The molecule has 3 heterocycles. The molecule has 0 saturated carbocycles. The number of rotatable bonds is 7. The molecule has 0 aliphatic carbocycles. The zero-order valence-corrected chi connectivity index (χ0v) is 19.3. The van der Waals surface area contributed by atoms with Crippen molar-refractivity contribution in [3.8, 4) is 11.5 Å². The van der Waals surface area contributed by atoms with E-state index in [1.807, 2.05) is 0 Å². The Labute approximate surface area is 191 Å². The summed E-state index contributed by atoms with van der Waals surface area (Å²) in [5.41, 5.74) is 0.524. The van der Waals surface area contributed by atoms with E-state index >= 15 is 0 Å². The summed E-state index contributed by atoms with van der Waals surface area (Å²) >= 11 is 1.07. The molecule has 1 saturated heterocycles. The molecule has 1 aromatic heterocycles. The SMILES string of the molecule is CCN(CC(=O)Nc1ccc2c(c1)OCCO2)C(=O)c1sccc1S(=O)(=O)N1CCCC1. The third-order valence-electron chi connectivity index (χ3n) is 5.34. The van der Waals surface area contributed by atoms with E-state index in [1.165, 1.54) is 15.3 Å². The van der Waals surface area contributed by atoms with Gasteiger partial charge in [0.05, 0.1) is 0 Å². The highest BCUT2D eigenvalue weighted by Crippen LogP contribution is 2.33. The van der Waals surface area contributed by atoms with Gasteiger partial charge in [-0.3, -0.25) is 9.59 Å². The fourth-order valence-corrected chi connectivity index (χ4v) is 6.57. The van der Waals surface area contributed by atoms with Crippen LogP contribution in [0.3, 0.4) is 0 Å². The number of likely N-dealkylation sites (N-methyl/N-ethyl adjacent to an activating group) is 1. The number of carbonyl (C=O) groups excluding carboxylic acids is 2. The number of nitrogens with zero attached hydrogens (tertiary/aromatic N) is 2. The molecular weight excluding hydrogens is 454 g/mol. The zero-order valence-electron chi connectivity index (χ0n) is 17.7. The van der Waals surface area contributed by atoms with Gasteiger partial charge < -0.3 is 19.7 Å². The molecule has 0 radical (unpaired) electrons. The van der Waals surface area contributed by atoms with Crippen LogP contribution in [-0.4, -0.2) is 68.8 Å². The maximum atomic E-state index is 13.1. The summed E-state index contributed by atoms with van der Waals surface area (Å²) in [5, 5.41) is 4.35. The summed E-state index contributed by atoms with van der Waals surface area (Å²) in [5.74, 6) is 0.298. The summed E-state index contributed by atoms with van der Waals surface area (Å²) < 4.78 is 38.4. The molecule has 1 N–H and O–H groups in total. The highest BCUT2D eigenvalue weighted by atomic mass is 32.2. The largest absolute Gasteiger partial charge is 0.486 e. The van der Waals surface area contributed by atoms with E-state index < -0.39 is 21.8 Å². The number of hydrogen-bond acceptors (Lipinski definition) is 7. The second-order valence-electron chi connectivity index (χ2n) is 7.45. The number of hydrogen-bond donors (Lipinski definition) is 1. The van der Waals surface area contributed by atoms with Crippen molar-refractivity contribution in [3.05, 3.63) is 34.5 Å². The van der Waals surface area contributed by atoms with Crippen LogP contribution in [0.15, 0.2) is 34.5 Å². The van der Waals surface area contributed by atoms with Crippen molar-refractivity contribution >= 4 is 38.9 Å². The lowest BCUT2D eigenvalue weighted by molar-refractivity contribution is -0.116. The molecule has 1 aromatic carbocycles. The lowest BCUT2D eigenvalue weighted by Gasteiger charge is -2.22. The fourth-order valence-electron chi connectivity index (χ4n) is 3.69. The van der Waals surface area contributed by atoms with E-state index in [1.54, 1.807) is 30.5 Å². The van der Waals surface area contributed by atoms with Crippen molar-refractivity contribution in [2.24, 2.45) is 0 Å². The second-order valence-corrected chi connectivity index (χ2v) is 10.3. The van der Waals surface area contributed by atoms with Gasteiger partial charge in [0.2, 0.25) is 15.9 Å². The molecule has 0 bridgehead atoms. The van der Waals surface area contributed by atoms with Gasteiger partial charge in [0.15, 0.2) is 11.5 Å². The van der Waals surface area contributed by atoms with Gasteiger partial charge >= 0.3 is 0 Å². The predicted molar refractivity (Wildman–Crippen MR) is 120 cm³/mol. The summed E-state index contributed by atoms with van der Waals surface area (Å²) in [4.78, 5) is 27.2. The third kappa shape index (κ3) is 4.59. The van der Waals surface area contributed by atoms with Crippen molar-refractivity contribution in [1.29, 1.82) is 0 Å². The van der Waals surface area contributed by atoms with Gasteiger partial charge in [0.25, 0.3) is 5.91 Å². The van der Waals surface area contributed by atoms with E-state index in [0.717, 1.165) is 24.2 Å². The normalized spacial score (nSPS) is 16.0. The lowest BCUT2D eigenvalue weighted by atomic mass is 10.2. The number of thiophene rings is 1. The predicted octanol–water partition coefficient (Wildman–Crippen LogP) is 2.40. The molecule has 1 fully saturated rings. The molecule has 32 heavy (non-hydrogen) atoms. The minimum absolute atomic E-state index is 0.0140. The molecule has 0 atom stereocenters. The molecule has 2 aromatic rings. The van der Waals surface area contributed by atoms with E-state index in [9.17, 15) is 18.0 Å². The Morgan fingerprint density at radius 2 is 1.84 bits per heavy atom. The zero-order chi connectivity index (χ0) is 22.7. The first-order valence-electron chi connectivity index (χ1n) is 10.5. The highest BCUT2D eigenvalue weighted by Gasteiger charge is 2.33. The highest BCUT2D eigenvalue weighted by molar-refractivity contribution is 7.89. The van der Waals surface area contributed by atoms with Crippen LogP contribution >= 0.6 is 11.3 Å². The summed E-state index contributed by atoms with van der Waals surface area (Å²) in [6, 6.07) is 6.55. The Morgan fingerprint density at radius 3 is 2.56 bits per heavy atom. The quantitative estimate of drug-likeness (QED) is 0.654. The van der Waals surface area contributed by atoms with Gasteiger partial charge in [-0.25, -0.2) is 8.42 Å². The Hall–Kier alpha value is -2.63. The molecular formula is C21H25N3O6S2. The monoisotopic (exact) mass is 479 g/mol. The maximum absolute atomic E-state index is 13.1. The minimum Gasteiger partial charge on any atom is -0.486 e. The third-order valence-corrected chi connectivity index (χ3v) is 8.31. The lowest BCUT2D eigenvalue weighted by Crippen LogP contribution is -2.38. The Bertz CT molecular complexity index is 1110. The van der Waals surface area contributed by atoms with Crippen LogP contribution < -0.4 is 14.8 Å². The average molecular weight is 480 g/mol. The number of sulfonamides is 1. The minimum atomic E-state index is -3.73. The van der Waals surface area contributed by atoms with E-state index in [-0.39, 0.29) is 22.9 Å². The maximum Gasteiger partial charge on any atom is 0.265 e. The number of anilines is 1. The Balaban J connectivity index is 1.46. The van der Waals surface area contributed by atoms with Crippen molar-refractivity contribution in [2.45, 2.75) is 24.7 Å². The van der Waals surface area contributed by atoms with Crippen molar-refractivity contribution < 1.29 is 27.5 Å². The molecule has 9 nitrogen and oxygen atoms in total. The number of benzene rings is 1. The van der Waals surface area contributed by atoms with Crippen LogP contribution in [0.4, 0.5) is 5.69 Å². The van der Waals surface area contributed by atoms with E-state index in [2.05, 4.69) is 5.32 Å². The number of amides is 2. The van der Waals surface area contributed by atoms with E-state index in [4.69, 9.17) is 9.47 Å². The van der Waals surface area contributed by atoms with Gasteiger partial charge in [0.1, 0.15) is 29.5 Å². The van der Waals surface area contributed by atoms with Crippen LogP contribution in [0.5, 0.6) is 11.5 Å². The number of fused-ring (bicyclic) bond motifs is 1. The summed E-state index contributed by atoms with van der Waals surface area (Å²) in [7, 11) is -3.73. The molecule has 0 spiro atoms. The molecule has 11 heteroatoms. The Kier molecular flexibility index (Phi) is 6.68. The van der Waals surface area contributed by atoms with Gasteiger partial charge in [-0.15, -0.1) is 11.3 Å². The van der Waals surface area contributed by atoms with Crippen LogP contribution in [0.1, 0.15) is 29.4 Å². The van der Waals surface area contributed by atoms with Crippen LogP contribution in [0.2, 0.25) is 0 Å². The standard InChI is InChI=1S/C21H25N3O6S2/c1-2-23(14-19(25)22-15-5-6-16-17(13-15)30-11-10-29-16)21(26)20-18(7-12-31-20)32(27,28)24-8-3-4-9-24/h5-7,12-13H,2-4,8-11,14H2,1H3,(H,22,25). The molecule has 2 aliphatic rings. The van der Waals surface area contributed by atoms with Crippen molar-refractivity contribution in [1.82, 2.24) is 9.21 Å². The van der Waals surface area contributed by atoms with Crippen LogP contribution in [0.25, 0.3) is 0 Å². The second kappa shape index (κ2) is 9.47. The Morgan fingerprint density at radius 1 is 1.12 bits per heavy atom. The number of carbonyl (C=O) groups is 2. The van der Waals surface area contributed by atoms with Crippen molar-refractivity contribution in [2.75, 3.05) is 44.7 Å². The van der Waals surface area contributed by atoms with Gasteiger partial charge in [0, 0.05) is 31.4 Å². The smallest absolute Gasteiger partial charge is 0.265 e. The number of ether oxygens (including phenoxy) is 2. The molecule has 2 amide bonds. The van der Waals surface area contributed by atoms with Crippen molar-refractivity contribution in [3.63, 3.8) is 0 Å². The summed E-state index contributed by atoms with van der Waals surface area (Å²) in [6.07, 6.45) is 1.63. The molecule has 0 unspecified atom stereocenters. The van der Waals surface area contributed by atoms with Gasteiger partial charge in [-0.1, -0.05) is 0 Å². The van der Waals surface area contributed by atoms with Gasteiger partial charge in [-0.2, -0.15) is 4.31 Å². The van der Waals surface area contributed by atoms with Crippen LogP contribution in [-0.2, 0) is 14.8 Å². The number of nitrogens with one attached hydrogen (secondary N) is 1.